The Labute approximate surface area is 154 Å². The Morgan fingerprint density at radius 2 is 1.12 bits per heavy atom. The van der Waals surface area contributed by atoms with E-state index < -0.39 is 5.41 Å². The lowest BCUT2D eigenvalue weighted by atomic mass is 9.71. The highest BCUT2D eigenvalue weighted by molar-refractivity contribution is 5.70. The van der Waals surface area contributed by atoms with E-state index in [-0.39, 0.29) is 37.2 Å². The van der Waals surface area contributed by atoms with Crippen LogP contribution in [0.1, 0.15) is 44.1 Å². The zero-order chi connectivity index (χ0) is 19.4. The molecule has 0 aliphatic rings. The van der Waals surface area contributed by atoms with Crippen LogP contribution < -0.4 is 0 Å². The summed E-state index contributed by atoms with van der Waals surface area (Å²) in [4.78, 5) is 35.1. The molecule has 0 spiro atoms. The summed E-state index contributed by atoms with van der Waals surface area (Å²) >= 11 is 0. The molecule has 1 aromatic carbocycles. The van der Waals surface area contributed by atoms with Gasteiger partial charge in [0.1, 0.15) is 0 Å². The minimum absolute atomic E-state index is 0.228. The molecule has 0 bridgehead atoms. The van der Waals surface area contributed by atoms with Gasteiger partial charge in [0.05, 0.1) is 21.3 Å². The van der Waals surface area contributed by atoms with Crippen LogP contribution in [0.5, 0.6) is 0 Å². The number of carbonyl (C=O) groups excluding carboxylic acids is 3. The minimum atomic E-state index is -0.405. The molecule has 0 fully saturated rings. The average Bonchev–Trinajstić information content (AvgIpc) is 2.68. The van der Waals surface area contributed by atoms with Gasteiger partial charge >= 0.3 is 17.9 Å². The highest BCUT2D eigenvalue weighted by atomic mass is 16.5. The summed E-state index contributed by atoms with van der Waals surface area (Å²) in [5.74, 6) is -0.921. The number of rotatable bonds is 11. The van der Waals surface area contributed by atoms with Crippen molar-refractivity contribution in [2.75, 3.05) is 21.3 Å². The summed E-state index contributed by atoms with van der Waals surface area (Å²) in [5.41, 5.74) is 0.685. The molecule has 6 heteroatoms. The Bertz CT molecular complexity index is 531. The van der Waals surface area contributed by atoms with Crippen molar-refractivity contribution in [3.8, 4) is 0 Å². The van der Waals surface area contributed by atoms with E-state index in [0.717, 1.165) is 5.56 Å². The van der Waals surface area contributed by atoms with E-state index in [4.69, 9.17) is 14.2 Å². The number of esters is 3. The fraction of sp³-hybridized carbons (Fsp3) is 0.550. The molecule has 0 unspecified atom stereocenters. The lowest BCUT2D eigenvalue weighted by Gasteiger charge is -2.34. The Morgan fingerprint density at radius 3 is 1.46 bits per heavy atom. The summed E-state index contributed by atoms with van der Waals surface area (Å²) in [6.45, 7) is 0. The lowest BCUT2D eigenvalue weighted by molar-refractivity contribution is -0.142. The second-order valence-corrected chi connectivity index (χ2v) is 6.39. The first-order valence-electron chi connectivity index (χ1n) is 8.69. The molecule has 0 aliphatic heterocycles. The maximum absolute atomic E-state index is 11.7. The van der Waals surface area contributed by atoms with Gasteiger partial charge in [-0.2, -0.15) is 0 Å². The molecule has 6 nitrogen and oxygen atoms in total. The summed E-state index contributed by atoms with van der Waals surface area (Å²) in [6.07, 6.45) is 2.88. The van der Waals surface area contributed by atoms with Crippen molar-refractivity contribution in [2.45, 2.75) is 44.9 Å². The number of carbonyl (C=O) groups is 3. The fourth-order valence-corrected chi connectivity index (χ4v) is 3.08. The second-order valence-electron chi connectivity index (χ2n) is 6.39. The molecule has 0 N–H and O–H groups in total. The Morgan fingerprint density at radius 1 is 0.731 bits per heavy atom. The predicted molar refractivity (Wildman–Crippen MR) is 96.3 cm³/mol. The summed E-state index contributed by atoms with van der Waals surface area (Å²) in [7, 11) is 4.05. The van der Waals surface area contributed by atoms with Gasteiger partial charge in [-0.25, -0.2) is 0 Å². The molecular weight excluding hydrogens is 336 g/mol. The van der Waals surface area contributed by atoms with Gasteiger partial charge in [-0.3, -0.25) is 14.4 Å². The summed E-state index contributed by atoms with van der Waals surface area (Å²) in [6, 6.07) is 9.83. The molecule has 0 saturated carbocycles. The van der Waals surface area contributed by atoms with Gasteiger partial charge in [-0.15, -0.1) is 0 Å². The van der Waals surface area contributed by atoms with Crippen molar-refractivity contribution in [3.05, 3.63) is 35.9 Å². The van der Waals surface area contributed by atoms with Crippen LogP contribution in [0.4, 0.5) is 0 Å². The van der Waals surface area contributed by atoms with Gasteiger partial charge in [-0.1, -0.05) is 30.3 Å². The molecular formula is C20H28O6. The monoisotopic (exact) mass is 364 g/mol. The van der Waals surface area contributed by atoms with E-state index >= 15 is 0 Å². The largest absolute Gasteiger partial charge is 0.469 e. The van der Waals surface area contributed by atoms with Gasteiger partial charge in [0.25, 0.3) is 0 Å². The molecule has 0 aromatic heterocycles. The second kappa shape index (κ2) is 11.3. The first kappa shape index (κ1) is 21.7. The molecule has 1 aromatic rings. The van der Waals surface area contributed by atoms with Crippen LogP contribution in [0.2, 0.25) is 0 Å². The van der Waals surface area contributed by atoms with E-state index in [0.29, 0.717) is 25.7 Å². The molecule has 144 valence electrons. The number of hydrogen-bond acceptors (Lipinski definition) is 6. The normalized spacial score (nSPS) is 10.9. The van der Waals surface area contributed by atoms with Crippen molar-refractivity contribution in [1.82, 2.24) is 0 Å². The Kier molecular flexibility index (Phi) is 9.41. The minimum Gasteiger partial charge on any atom is -0.469 e. The van der Waals surface area contributed by atoms with Crippen LogP contribution in [-0.2, 0) is 35.0 Å². The third-order valence-electron chi connectivity index (χ3n) is 4.68. The van der Waals surface area contributed by atoms with E-state index in [1.54, 1.807) is 0 Å². The van der Waals surface area contributed by atoms with Crippen molar-refractivity contribution >= 4 is 17.9 Å². The maximum atomic E-state index is 11.7. The lowest BCUT2D eigenvalue weighted by Crippen LogP contribution is -2.28. The average molecular weight is 364 g/mol. The van der Waals surface area contributed by atoms with Crippen LogP contribution in [0.25, 0.3) is 0 Å². The zero-order valence-electron chi connectivity index (χ0n) is 15.8. The Balaban J connectivity index is 3.03. The van der Waals surface area contributed by atoms with Gasteiger partial charge in [0.2, 0.25) is 0 Å². The van der Waals surface area contributed by atoms with E-state index in [9.17, 15) is 14.4 Å². The highest BCUT2D eigenvalue weighted by Crippen LogP contribution is 2.39. The molecule has 0 atom stereocenters. The first-order chi connectivity index (χ1) is 12.4. The SMILES string of the molecule is COC(=O)CCC(CCC(=O)OC)(CCC(=O)OC)Cc1ccccc1. The van der Waals surface area contributed by atoms with E-state index in [1.165, 1.54) is 21.3 Å². The zero-order valence-corrected chi connectivity index (χ0v) is 15.8. The van der Waals surface area contributed by atoms with Crippen molar-refractivity contribution in [2.24, 2.45) is 5.41 Å². The van der Waals surface area contributed by atoms with Gasteiger partial charge in [-0.05, 0) is 36.7 Å². The summed E-state index contributed by atoms with van der Waals surface area (Å²) < 4.78 is 14.3. The summed E-state index contributed by atoms with van der Waals surface area (Å²) in [5, 5.41) is 0. The number of benzene rings is 1. The molecule has 0 aliphatic carbocycles. The molecule has 1 rings (SSSR count). The highest BCUT2D eigenvalue weighted by Gasteiger charge is 2.32. The molecule has 0 heterocycles. The smallest absolute Gasteiger partial charge is 0.305 e. The van der Waals surface area contributed by atoms with Crippen molar-refractivity contribution in [3.63, 3.8) is 0 Å². The van der Waals surface area contributed by atoms with E-state index in [1.807, 2.05) is 30.3 Å². The molecule has 26 heavy (non-hydrogen) atoms. The fourth-order valence-electron chi connectivity index (χ4n) is 3.08. The third-order valence-corrected chi connectivity index (χ3v) is 4.68. The number of ether oxygens (including phenoxy) is 3. The standard InChI is InChI=1S/C20H28O6/c1-24-17(21)9-12-20(13-10-18(22)25-2,14-11-19(23)26-3)15-16-7-5-4-6-8-16/h4-8H,9-15H2,1-3H3. The topological polar surface area (TPSA) is 78.9 Å². The third kappa shape index (κ3) is 7.68. The van der Waals surface area contributed by atoms with Crippen molar-refractivity contribution in [1.29, 1.82) is 0 Å². The van der Waals surface area contributed by atoms with Crippen LogP contribution in [0.3, 0.4) is 0 Å². The van der Waals surface area contributed by atoms with Crippen LogP contribution in [0, 0.1) is 5.41 Å². The van der Waals surface area contributed by atoms with Gasteiger partial charge < -0.3 is 14.2 Å². The predicted octanol–water partition coefficient (Wildman–Crippen LogP) is 3.08. The maximum Gasteiger partial charge on any atom is 0.305 e. The molecule has 0 radical (unpaired) electrons. The van der Waals surface area contributed by atoms with Crippen LogP contribution in [0.15, 0.2) is 30.3 Å². The Hall–Kier alpha value is -2.37. The number of methoxy groups -OCH3 is 3. The number of hydrogen-bond donors (Lipinski definition) is 0. The molecule has 0 amide bonds. The van der Waals surface area contributed by atoms with E-state index in [2.05, 4.69) is 0 Å². The quantitative estimate of drug-likeness (QED) is 0.443. The molecule has 0 saturated heterocycles. The van der Waals surface area contributed by atoms with Gasteiger partial charge in [0.15, 0.2) is 0 Å². The van der Waals surface area contributed by atoms with Crippen LogP contribution >= 0.6 is 0 Å². The van der Waals surface area contributed by atoms with Crippen molar-refractivity contribution < 1.29 is 28.6 Å². The van der Waals surface area contributed by atoms with Crippen LogP contribution in [-0.4, -0.2) is 39.2 Å². The first-order valence-corrected chi connectivity index (χ1v) is 8.69. The van der Waals surface area contributed by atoms with Gasteiger partial charge in [0, 0.05) is 19.3 Å².